The first-order valence-corrected chi connectivity index (χ1v) is 6.12. The molecule has 0 fully saturated rings. The van der Waals surface area contributed by atoms with E-state index >= 15 is 0 Å². The Labute approximate surface area is 117 Å². The van der Waals surface area contributed by atoms with Gasteiger partial charge in [-0.2, -0.15) is 0 Å². The van der Waals surface area contributed by atoms with Gasteiger partial charge in [-0.05, 0) is 30.7 Å². The monoisotopic (exact) mass is 329 g/mol. The molecule has 1 atom stereocenters. The van der Waals surface area contributed by atoms with Crippen molar-refractivity contribution in [2.75, 3.05) is 0 Å². The van der Waals surface area contributed by atoms with Gasteiger partial charge in [0.05, 0.1) is 6.42 Å². The summed E-state index contributed by atoms with van der Waals surface area (Å²) in [4.78, 5) is 33.2. The van der Waals surface area contributed by atoms with Crippen molar-refractivity contribution in [3.8, 4) is 0 Å². The third kappa shape index (κ3) is 4.36. The Bertz CT molecular complexity index is 529. The second kappa shape index (κ2) is 6.33. The minimum Gasteiger partial charge on any atom is -0.481 e. The Morgan fingerprint density at radius 1 is 1.32 bits per heavy atom. The summed E-state index contributed by atoms with van der Waals surface area (Å²) >= 11 is 3.28. The number of nitrogens with one attached hydrogen (secondary N) is 1. The van der Waals surface area contributed by atoms with Gasteiger partial charge in [0, 0.05) is 10.0 Å². The average molecular weight is 330 g/mol. The molecule has 1 amide bonds. The van der Waals surface area contributed by atoms with Crippen LogP contribution in [0.1, 0.15) is 22.3 Å². The molecule has 102 valence electrons. The number of carboxylic acids is 2. The molecule has 19 heavy (non-hydrogen) atoms. The van der Waals surface area contributed by atoms with Crippen molar-refractivity contribution in [2.45, 2.75) is 19.4 Å². The lowest BCUT2D eigenvalue weighted by molar-refractivity contribution is -0.145. The number of aliphatic carboxylic acids is 2. The number of hydrogen-bond donors (Lipinski definition) is 3. The maximum Gasteiger partial charge on any atom is 0.326 e. The average Bonchev–Trinajstić information content (AvgIpc) is 2.31. The third-order valence-corrected chi connectivity index (χ3v) is 3.29. The van der Waals surface area contributed by atoms with Gasteiger partial charge in [-0.1, -0.05) is 15.9 Å². The summed E-state index contributed by atoms with van der Waals surface area (Å²) < 4.78 is 0.823. The lowest BCUT2D eigenvalue weighted by atomic mass is 10.1. The van der Waals surface area contributed by atoms with E-state index in [1.54, 1.807) is 19.1 Å². The third-order valence-electron chi connectivity index (χ3n) is 2.40. The number of amides is 1. The first-order chi connectivity index (χ1) is 8.81. The molecule has 1 unspecified atom stereocenters. The Morgan fingerprint density at radius 3 is 2.42 bits per heavy atom. The molecule has 0 heterocycles. The Balaban J connectivity index is 2.84. The molecule has 0 aromatic heterocycles. The van der Waals surface area contributed by atoms with Crippen molar-refractivity contribution >= 4 is 33.8 Å². The van der Waals surface area contributed by atoms with E-state index in [0.29, 0.717) is 0 Å². The highest BCUT2D eigenvalue weighted by Gasteiger charge is 2.23. The zero-order valence-electron chi connectivity index (χ0n) is 10.0. The van der Waals surface area contributed by atoms with Crippen molar-refractivity contribution in [1.29, 1.82) is 0 Å². The van der Waals surface area contributed by atoms with Gasteiger partial charge in [0.15, 0.2) is 0 Å². The number of carboxylic acid groups (broad SMARTS) is 2. The predicted octanol–water partition coefficient (Wildman–Crippen LogP) is 1.42. The van der Waals surface area contributed by atoms with Gasteiger partial charge in [0.1, 0.15) is 6.04 Å². The molecule has 7 heteroatoms. The van der Waals surface area contributed by atoms with Gasteiger partial charge in [-0.25, -0.2) is 4.79 Å². The zero-order chi connectivity index (χ0) is 14.6. The van der Waals surface area contributed by atoms with Crippen LogP contribution in [0.25, 0.3) is 0 Å². The van der Waals surface area contributed by atoms with Crippen LogP contribution in [0, 0.1) is 6.92 Å². The highest BCUT2D eigenvalue weighted by molar-refractivity contribution is 9.10. The van der Waals surface area contributed by atoms with Crippen LogP contribution < -0.4 is 5.32 Å². The van der Waals surface area contributed by atoms with E-state index in [0.717, 1.165) is 10.0 Å². The maximum atomic E-state index is 11.8. The van der Waals surface area contributed by atoms with Gasteiger partial charge < -0.3 is 15.5 Å². The fraction of sp³-hybridized carbons (Fsp3) is 0.250. The lowest BCUT2D eigenvalue weighted by Gasteiger charge is -2.12. The summed E-state index contributed by atoms with van der Waals surface area (Å²) in [5, 5.41) is 19.6. The molecule has 0 aliphatic heterocycles. The molecule has 0 aliphatic rings. The van der Waals surface area contributed by atoms with Crippen LogP contribution in [0.4, 0.5) is 0 Å². The second-order valence-corrected chi connectivity index (χ2v) is 4.78. The van der Waals surface area contributed by atoms with Crippen LogP contribution in [0.15, 0.2) is 22.7 Å². The minimum atomic E-state index is -1.45. The lowest BCUT2D eigenvalue weighted by Crippen LogP contribution is -2.42. The van der Waals surface area contributed by atoms with Crippen molar-refractivity contribution in [2.24, 2.45) is 0 Å². The Hall–Kier alpha value is -1.89. The topological polar surface area (TPSA) is 104 Å². The van der Waals surface area contributed by atoms with E-state index in [2.05, 4.69) is 21.2 Å². The summed E-state index contributed by atoms with van der Waals surface area (Å²) in [6.07, 6.45) is -0.670. The quantitative estimate of drug-likeness (QED) is 0.757. The van der Waals surface area contributed by atoms with E-state index in [1.165, 1.54) is 6.07 Å². The van der Waals surface area contributed by atoms with Crippen LogP contribution in [0.5, 0.6) is 0 Å². The number of aryl methyl sites for hydroxylation is 1. The first kappa shape index (κ1) is 15.2. The highest BCUT2D eigenvalue weighted by Crippen LogP contribution is 2.17. The van der Waals surface area contributed by atoms with Gasteiger partial charge >= 0.3 is 11.9 Å². The van der Waals surface area contributed by atoms with Crippen LogP contribution in [0.3, 0.4) is 0 Å². The molecule has 0 saturated carbocycles. The number of rotatable bonds is 5. The Morgan fingerprint density at radius 2 is 1.95 bits per heavy atom. The highest BCUT2D eigenvalue weighted by atomic mass is 79.9. The van der Waals surface area contributed by atoms with Crippen LogP contribution >= 0.6 is 15.9 Å². The van der Waals surface area contributed by atoms with Crippen molar-refractivity contribution in [3.63, 3.8) is 0 Å². The van der Waals surface area contributed by atoms with Crippen LogP contribution in [-0.2, 0) is 9.59 Å². The van der Waals surface area contributed by atoms with E-state index in [9.17, 15) is 14.4 Å². The van der Waals surface area contributed by atoms with Crippen molar-refractivity contribution in [3.05, 3.63) is 33.8 Å². The van der Waals surface area contributed by atoms with E-state index in [-0.39, 0.29) is 5.56 Å². The maximum absolute atomic E-state index is 11.8. The van der Waals surface area contributed by atoms with Gasteiger partial charge in [0.2, 0.25) is 0 Å². The zero-order valence-corrected chi connectivity index (χ0v) is 11.6. The molecule has 1 rings (SSSR count). The summed E-state index contributed by atoms with van der Waals surface area (Å²) in [5.41, 5.74) is 1.09. The second-order valence-electron chi connectivity index (χ2n) is 3.93. The van der Waals surface area contributed by atoms with E-state index in [4.69, 9.17) is 10.2 Å². The number of hydrogen-bond acceptors (Lipinski definition) is 3. The fourth-order valence-electron chi connectivity index (χ4n) is 1.40. The molecule has 3 N–H and O–H groups in total. The number of carbonyl (C=O) groups is 3. The number of benzene rings is 1. The summed E-state index contributed by atoms with van der Waals surface area (Å²) in [7, 11) is 0. The molecule has 0 saturated heterocycles. The number of halogens is 1. The molecule has 1 aromatic rings. The first-order valence-electron chi connectivity index (χ1n) is 5.33. The van der Waals surface area contributed by atoms with E-state index in [1.807, 2.05) is 0 Å². The fourth-order valence-corrected chi connectivity index (χ4v) is 1.65. The Kier molecular flexibility index (Phi) is 5.05. The molecular formula is C12H12BrNO5. The minimum absolute atomic E-state index is 0.275. The van der Waals surface area contributed by atoms with Gasteiger partial charge in [0.25, 0.3) is 5.91 Å². The standard InChI is InChI=1S/C12H12BrNO5/c1-6-4-7(2-3-8(6)13)11(17)14-9(12(18)19)5-10(15)16/h2-4,9H,5H2,1H3,(H,14,17)(H,15,16)(H,18,19). The summed E-state index contributed by atoms with van der Waals surface area (Å²) in [6.45, 7) is 1.78. The molecule has 1 aromatic carbocycles. The molecule has 0 bridgehead atoms. The predicted molar refractivity (Wildman–Crippen MR) is 70.0 cm³/mol. The molecule has 0 aliphatic carbocycles. The molecular weight excluding hydrogens is 318 g/mol. The van der Waals surface area contributed by atoms with Crippen LogP contribution in [-0.4, -0.2) is 34.1 Å². The summed E-state index contributed by atoms with van der Waals surface area (Å²) in [5.74, 6) is -3.30. The van der Waals surface area contributed by atoms with E-state index < -0.39 is 30.3 Å². The number of carbonyl (C=O) groups excluding carboxylic acids is 1. The summed E-state index contributed by atoms with van der Waals surface area (Å²) in [6, 6.07) is 3.32. The largest absolute Gasteiger partial charge is 0.481 e. The molecule has 0 radical (unpaired) electrons. The smallest absolute Gasteiger partial charge is 0.326 e. The normalized spacial score (nSPS) is 11.7. The van der Waals surface area contributed by atoms with Crippen molar-refractivity contribution < 1.29 is 24.6 Å². The SMILES string of the molecule is Cc1cc(C(=O)NC(CC(=O)O)C(=O)O)ccc1Br. The van der Waals surface area contributed by atoms with Gasteiger partial charge in [-0.15, -0.1) is 0 Å². The van der Waals surface area contributed by atoms with Gasteiger partial charge in [-0.3, -0.25) is 9.59 Å². The van der Waals surface area contributed by atoms with Crippen molar-refractivity contribution in [1.82, 2.24) is 5.32 Å². The molecule has 0 spiro atoms. The molecule has 6 nitrogen and oxygen atoms in total. The van der Waals surface area contributed by atoms with Crippen LogP contribution in [0.2, 0.25) is 0 Å².